The Bertz CT molecular complexity index is 1120. The van der Waals surface area contributed by atoms with Gasteiger partial charge in [0.25, 0.3) is 0 Å². The minimum atomic E-state index is -3.79. The molecule has 1 aromatic heterocycles. The van der Waals surface area contributed by atoms with Crippen molar-refractivity contribution >= 4 is 27.0 Å². The molecule has 0 radical (unpaired) electrons. The number of primary sulfonamides is 1. The van der Waals surface area contributed by atoms with E-state index in [9.17, 15) is 13.2 Å². The van der Waals surface area contributed by atoms with Crippen LogP contribution in [0.4, 0.5) is 0 Å². The quantitative estimate of drug-likeness (QED) is 0.582. The third-order valence-electron chi connectivity index (χ3n) is 4.67. The van der Waals surface area contributed by atoms with Crippen LogP contribution in [-0.4, -0.2) is 31.0 Å². The highest BCUT2D eigenvalue weighted by molar-refractivity contribution is 7.89. The van der Waals surface area contributed by atoms with Crippen LogP contribution in [0, 0.1) is 0 Å². The third kappa shape index (κ3) is 4.93. The fourth-order valence-electron chi connectivity index (χ4n) is 3.14. The average molecular weight is 417 g/mol. The first-order valence-electron chi connectivity index (χ1n) is 9.23. The summed E-state index contributed by atoms with van der Waals surface area (Å²) in [7, 11) is -2.18. The molecule has 2 aromatic carbocycles. The van der Waals surface area contributed by atoms with Gasteiger partial charge in [-0.2, -0.15) is 0 Å². The number of carbonyl (C=O) groups is 1. The number of aryl methyl sites for hydroxylation is 2. The number of imidazole rings is 1. The van der Waals surface area contributed by atoms with Crippen LogP contribution in [0.15, 0.2) is 47.4 Å². The van der Waals surface area contributed by atoms with E-state index in [0.29, 0.717) is 25.0 Å². The number of carbonyl (C=O) groups excluding carboxylic acids is 1. The zero-order valence-electron chi connectivity index (χ0n) is 16.4. The monoisotopic (exact) mass is 416 g/mol. The predicted octanol–water partition coefficient (Wildman–Crippen LogP) is 1.96. The van der Waals surface area contributed by atoms with E-state index in [1.54, 1.807) is 13.2 Å². The van der Waals surface area contributed by atoms with Crippen molar-refractivity contribution in [3.8, 4) is 5.75 Å². The molecule has 0 aliphatic carbocycles. The number of methoxy groups -OCH3 is 1. The van der Waals surface area contributed by atoms with Gasteiger partial charge in [0, 0.05) is 25.9 Å². The molecule has 3 aromatic rings. The number of hydrogen-bond donors (Lipinski definition) is 2. The number of nitrogens with zero attached hydrogens (tertiary/aromatic N) is 2. The lowest BCUT2D eigenvalue weighted by molar-refractivity contribution is -0.121. The lowest BCUT2D eigenvalue weighted by Crippen LogP contribution is -2.23. The highest BCUT2D eigenvalue weighted by Crippen LogP contribution is 2.21. The summed E-state index contributed by atoms with van der Waals surface area (Å²) in [6.07, 6.45) is 0.725. The second-order valence-electron chi connectivity index (χ2n) is 6.59. The van der Waals surface area contributed by atoms with Crippen LogP contribution in [0.3, 0.4) is 0 Å². The molecule has 3 N–H and O–H groups in total. The summed E-state index contributed by atoms with van der Waals surface area (Å²) in [5.41, 5.74) is 2.34. The van der Waals surface area contributed by atoms with E-state index in [-0.39, 0.29) is 17.2 Å². The van der Waals surface area contributed by atoms with E-state index < -0.39 is 10.0 Å². The van der Waals surface area contributed by atoms with Crippen molar-refractivity contribution in [2.75, 3.05) is 7.11 Å². The Morgan fingerprint density at radius 3 is 2.55 bits per heavy atom. The molecule has 9 heteroatoms. The van der Waals surface area contributed by atoms with E-state index in [2.05, 4.69) is 10.3 Å². The van der Waals surface area contributed by atoms with E-state index in [4.69, 9.17) is 9.88 Å². The maximum atomic E-state index is 12.2. The van der Waals surface area contributed by atoms with E-state index in [1.807, 2.05) is 35.8 Å². The van der Waals surface area contributed by atoms with Gasteiger partial charge in [0.1, 0.15) is 11.6 Å². The molecule has 0 unspecified atom stereocenters. The number of sulfonamides is 1. The van der Waals surface area contributed by atoms with Crippen molar-refractivity contribution in [3.05, 3.63) is 53.9 Å². The third-order valence-corrected chi connectivity index (χ3v) is 5.58. The van der Waals surface area contributed by atoms with Crippen LogP contribution in [0.5, 0.6) is 5.75 Å². The Balaban J connectivity index is 1.66. The molecule has 8 nitrogen and oxygen atoms in total. The Hall–Kier alpha value is -2.91. The zero-order chi connectivity index (χ0) is 21.0. The van der Waals surface area contributed by atoms with Crippen molar-refractivity contribution in [1.82, 2.24) is 14.9 Å². The Kier molecular flexibility index (Phi) is 6.19. The van der Waals surface area contributed by atoms with Gasteiger partial charge in [-0.05, 0) is 42.8 Å². The van der Waals surface area contributed by atoms with Crippen molar-refractivity contribution < 1.29 is 17.9 Å². The number of nitrogens with two attached hydrogens (primary N) is 1. The molecule has 1 heterocycles. The topological polar surface area (TPSA) is 116 Å². The van der Waals surface area contributed by atoms with E-state index in [1.165, 1.54) is 12.1 Å². The van der Waals surface area contributed by atoms with Crippen LogP contribution in [0.2, 0.25) is 0 Å². The molecule has 0 aliphatic rings. The first kappa shape index (κ1) is 20.8. The van der Waals surface area contributed by atoms with Crippen LogP contribution < -0.4 is 15.2 Å². The highest BCUT2D eigenvalue weighted by Gasteiger charge is 2.15. The molecule has 3 rings (SSSR count). The lowest BCUT2D eigenvalue weighted by Gasteiger charge is -2.08. The van der Waals surface area contributed by atoms with Gasteiger partial charge in [-0.3, -0.25) is 4.79 Å². The molecule has 0 saturated heterocycles. The van der Waals surface area contributed by atoms with Crippen LogP contribution >= 0.6 is 0 Å². The zero-order valence-corrected chi connectivity index (χ0v) is 17.2. The van der Waals surface area contributed by atoms with Gasteiger partial charge in [-0.1, -0.05) is 12.1 Å². The molecule has 0 spiro atoms. The van der Waals surface area contributed by atoms with Crippen molar-refractivity contribution in [2.45, 2.75) is 37.8 Å². The van der Waals surface area contributed by atoms with Gasteiger partial charge < -0.3 is 14.6 Å². The molecule has 29 heavy (non-hydrogen) atoms. The SMILES string of the molecule is CCn1c(CCC(=O)NCc2ccc(OC)cc2)nc2cc(S(N)(=O)=O)ccc21. The van der Waals surface area contributed by atoms with Gasteiger partial charge in [0.15, 0.2) is 0 Å². The fourth-order valence-corrected chi connectivity index (χ4v) is 3.67. The second kappa shape index (κ2) is 8.62. The largest absolute Gasteiger partial charge is 0.497 e. The number of ether oxygens (including phenoxy) is 1. The number of aromatic nitrogens is 2. The van der Waals surface area contributed by atoms with Crippen LogP contribution in [0.1, 0.15) is 24.7 Å². The van der Waals surface area contributed by atoms with Crippen molar-refractivity contribution in [3.63, 3.8) is 0 Å². The number of nitrogens with one attached hydrogen (secondary N) is 1. The number of fused-ring (bicyclic) bond motifs is 1. The second-order valence-corrected chi connectivity index (χ2v) is 8.15. The smallest absolute Gasteiger partial charge is 0.238 e. The van der Waals surface area contributed by atoms with Crippen LogP contribution in [-0.2, 0) is 34.3 Å². The summed E-state index contributed by atoms with van der Waals surface area (Å²) < 4.78 is 30.2. The van der Waals surface area contributed by atoms with Gasteiger partial charge in [0.2, 0.25) is 15.9 Å². The molecule has 154 valence electrons. The fraction of sp³-hybridized carbons (Fsp3) is 0.300. The number of benzene rings is 2. The summed E-state index contributed by atoms with van der Waals surface area (Å²) in [6, 6.07) is 12.1. The van der Waals surface area contributed by atoms with Gasteiger partial charge in [0.05, 0.1) is 23.0 Å². The van der Waals surface area contributed by atoms with E-state index >= 15 is 0 Å². The first-order chi connectivity index (χ1) is 13.8. The number of rotatable bonds is 8. The molecular weight excluding hydrogens is 392 g/mol. The van der Waals surface area contributed by atoms with Gasteiger partial charge in [-0.15, -0.1) is 0 Å². The number of amides is 1. The minimum absolute atomic E-state index is 0.0227. The molecule has 0 aliphatic heterocycles. The maximum absolute atomic E-state index is 12.2. The van der Waals surface area contributed by atoms with Crippen LogP contribution in [0.25, 0.3) is 11.0 Å². The van der Waals surface area contributed by atoms with Crippen molar-refractivity contribution in [1.29, 1.82) is 0 Å². The van der Waals surface area contributed by atoms with E-state index in [0.717, 1.165) is 22.7 Å². The molecule has 0 fully saturated rings. The summed E-state index contributed by atoms with van der Waals surface area (Å²) in [6.45, 7) is 3.07. The standard InChI is InChI=1S/C20H24N4O4S/c1-3-24-18-9-8-16(29(21,26)27)12-17(18)23-19(24)10-11-20(25)22-13-14-4-6-15(28-2)7-5-14/h4-9,12H,3,10-11,13H2,1-2H3,(H,22,25)(H2,21,26,27). The normalized spacial score (nSPS) is 11.6. The maximum Gasteiger partial charge on any atom is 0.238 e. The minimum Gasteiger partial charge on any atom is -0.497 e. The molecule has 0 atom stereocenters. The molecule has 0 saturated carbocycles. The Morgan fingerprint density at radius 1 is 1.21 bits per heavy atom. The van der Waals surface area contributed by atoms with Crippen molar-refractivity contribution in [2.24, 2.45) is 5.14 Å². The summed E-state index contributed by atoms with van der Waals surface area (Å²) >= 11 is 0. The average Bonchev–Trinajstić information content (AvgIpc) is 3.07. The van der Waals surface area contributed by atoms with Gasteiger partial charge in [-0.25, -0.2) is 18.5 Å². The molecule has 1 amide bonds. The first-order valence-corrected chi connectivity index (χ1v) is 10.8. The molecule has 0 bridgehead atoms. The lowest BCUT2D eigenvalue weighted by atomic mass is 10.2. The van der Waals surface area contributed by atoms with Gasteiger partial charge >= 0.3 is 0 Å². The summed E-state index contributed by atoms with van der Waals surface area (Å²) in [4.78, 5) is 16.8. The summed E-state index contributed by atoms with van der Waals surface area (Å²) in [5, 5.41) is 8.09. The Labute approximate surface area is 169 Å². The highest BCUT2D eigenvalue weighted by atomic mass is 32.2. The number of hydrogen-bond acceptors (Lipinski definition) is 5. The Morgan fingerprint density at radius 2 is 1.93 bits per heavy atom. The summed E-state index contributed by atoms with van der Waals surface area (Å²) in [5.74, 6) is 1.42. The predicted molar refractivity (Wildman–Crippen MR) is 110 cm³/mol. The molecular formula is C20H24N4O4S.